The molecule has 23 rings (SSSR count). The van der Waals surface area contributed by atoms with Crippen LogP contribution in [-0.4, -0.2) is 121 Å². The van der Waals surface area contributed by atoms with Crippen molar-refractivity contribution < 1.29 is 164 Å². The number of ether oxygens (including phenoxy) is 22. The number of hydrogen-bond donors (Lipinski definition) is 6. The maximum absolute atomic E-state index is 13.8. The Morgan fingerprint density at radius 3 is 0.434 bits per heavy atom. The highest BCUT2D eigenvalue weighted by atomic mass is 16.7. The molecule has 12 aliphatic heterocycles. The topological polar surface area (TPSA) is 427 Å². The zero-order valence-corrected chi connectivity index (χ0v) is 73.9. The Balaban J connectivity index is 0.870. The highest BCUT2D eigenvalue weighted by Gasteiger charge is 2.46. The highest BCUT2D eigenvalue weighted by molar-refractivity contribution is 6.04. The van der Waals surface area contributed by atoms with E-state index in [4.69, 9.17) is 104 Å². The van der Waals surface area contributed by atoms with Crippen molar-refractivity contribution in [1.82, 2.24) is 0 Å². The van der Waals surface area contributed by atoms with Crippen molar-refractivity contribution in [2.45, 2.75) is 142 Å². The van der Waals surface area contributed by atoms with Crippen LogP contribution in [0.5, 0.6) is 126 Å². The summed E-state index contributed by atoms with van der Waals surface area (Å²) in [4.78, 5) is 82.6. The minimum absolute atomic E-state index is 0.0320. The van der Waals surface area contributed by atoms with Crippen molar-refractivity contribution in [1.29, 1.82) is 0 Å². The molecule has 0 saturated heterocycles. The number of rotatable bonds is 6. The van der Waals surface area contributed by atoms with Crippen molar-refractivity contribution in [2.24, 2.45) is 0 Å². The second-order valence-electron chi connectivity index (χ2n) is 35.2. The molecule has 11 aromatic rings. The Bertz CT molecular complexity index is 6390. The maximum atomic E-state index is 13.8. The van der Waals surface area contributed by atoms with E-state index < -0.39 is 211 Å². The molecular formula is C102H82O34. The lowest BCUT2D eigenvalue weighted by Gasteiger charge is -2.35. The molecule has 0 spiro atoms. The summed E-state index contributed by atoms with van der Waals surface area (Å²) in [5.74, 6) is -14.4. The van der Waals surface area contributed by atoms with Crippen LogP contribution in [0.4, 0.5) is 0 Å². The van der Waals surface area contributed by atoms with Gasteiger partial charge in [0.1, 0.15) is 62.6 Å². The highest BCUT2D eigenvalue weighted by Crippen LogP contribution is 2.64. The van der Waals surface area contributed by atoms with E-state index in [0.29, 0.717) is 112 Å². The average molecular weight is 1850 g/mol. The third kappa shape index (κ3) is 13.1. The van der Waals surface area contributed by atoms with Gasteiger partial charge in [0.2, 0.25) is 88.8 Å². The molecule has 34 heteroatoms. The molecule has 8 atom stereocenters. The van der Waals surface area contributed by atoms with Crippen LogP contribution < -0.4 is 104 Å². The van der Waals surface area contributed by atoms with Crippen molar-refractivity contribution in [3.63, 3.8) is 0 Å². The molecule has 0 aromatic heterocycles. The molecule has 694 valence electrons. The number of carboxylic acids is 6. The number of carbonyl (C=O) groups is 6. The summed E-state index contributed by atoms with van der Waals surface area (Å²) >= 11 is 0. The Morgan fingerprint density at radius 1 is 0.169 bits per heavy atom. The van der Waals surface area contributed by atoms with E-state index in [-0.39, 0.29) is 137 Å². The third-order valence-corrected chi connectivity index (χ3v) is 28.2. The maximum Gasteiger partial charge on any atom is 0.336 e. The first-order valence-corrected chi connectivity index (χ1v) is 44.0. The molecule has 0 radical (unpaired) electrons. The first kappa shape index (κ1) is 84.1. The van der Waals surface area contributed by atoms with Gasteiger partial charge in [0.05, 0.1) is 33.4 Å². The molecule has 0 fully saturated rings. The zero-order valence-electron chi connectivity index (χ0n) is 73.9. The normalized spacial score (nSPS) is 20.1. The van der Waals surface area contributed by atoms with Gasteiger partial charge in [-0.1, -0.05) is 55.4 Å². The zero-order chi connectivity index (χ0) is 93.7. The molecule has 136 heavy (non-hydrogen) atoms. The summed E-state index contributed by atoms with van der Waals surface area (Å²) in [5.41, 5.74) is 4.87. The molecule has 6 N–H and O–H groups in total. The summed E-state index contributed by atoms with van der Waals surface area (Å²) in [5, 5.41) is 67.0. The molecule has 8 unspecified atom stereocenters. The minimum atomic E-state index is -1.60. The van der Waals surface area contributed by atoms with Gasteiger partial charge in [0.15, 0.2) is 69.0 Å². The lowest BCUT2D eigenvalue weighted by atomic mass is 9.80. The average Bonchev–Trinajstić information content (AvgIpc) is 0.728. The fourth-order valence-corrected chi connectivity index (χ4v) is 20.8. The SMILES string of the molecule is CC1c2cc3c4cc2OCOc2c1cc1c5c2OCc2cc(C(=O)O)c(C(=O)O)cc2COc2c6c7cc8c2OCOc2c(cc9c%10c2OCc2cc(C(=O)O)c(C(=O)O)cc2COc2c(c(cc%11c2OCOc2c(cc(c(c2OCc2cc(C(=O)O)c(C(=O)O)cc2COc2c%12c(cc(c2OCO%10)C9C)C(C)c2cc(c(cc2OCO%12)OCO6)C7C)OCO4)C3C)C%11C)C1C)OCO5)C8C. The molecule has 0 saturated carbocycles. The van der Waals surface area contributed by atoms with Gasteiger partial charge in [0.25, 0.3) is 0 Å². The molecule has 12 heterocycles. The Hall–Kier alpha value is -16.2. The van der Waals surface area contributed by atoms with E-state index in [2.05, 4.69) is 0 Å². The molecule has 11 aromatic carbocycles. The van der Waals surface area contributed by atoms with Crippen molar-refractivity contribution in [3.8, 4) is 126 Å². The van der Waals surface area contributed by atoms with Crippen molar-refractivity contribution in [2.75, 3.05) is 54.3 Å². The van der Waals surface area contributed by atoms with Crippen LogP contribution in [-0.2, 0) is 39.6 Å². The molecule has 22 bridgehead atoms. The summed E-state index contributed by atoms with van der Waals surface area (Å²) < 4.78 is 154. The number of hydrogen-bond acceptors (Lipinski definition) is 28. The van der Waals surface area contributed by atoms with Gasteiger partial charge in [-0.15, -0.1) is 0 Å². The van der Waals surface area contributed by atoms with Crippen molar-refractivity contribution >= 4 is 35.8 Å². The molecular weight excluding hydrogens is 1770 g/mol. The summed E-state index contributed by atoms with van der Waals surface area (Å²) in [6.07, 6.45) is 0. The number of aromatic carboxylic acids is 6. The van der Waals surface area contributed by atoms with Crippen LogP contribution in [0, 0.1) is 0 Å². The van der Waals surface area contributed by atoms with Crippen LogP contribution in [0.3, 0.4) is 0 Å². The monoisotopic (exact) mass is 1850 g/mol. The van der Waals surface area contributed by atoms with E-state index in [1.807, 2.05) is 104 Å². The van der Waals surface area contributed by atoms with Crippen LogP contribution in [0.25, 0.3) is 0 Å². The van der Waals surface area contributed by atoms with Gasteiger partial charge in [-0.2, -0.15) is 0 Å². The molecule has 12 aliphatic rings. The van der Waals surface area contributed by atoms with Crippen LogP contribution in [0.2, 0.25) is 0 Å². The largest absolute Gasteiger partial charge is 0.482 e. The van der Waals surface area contributed by atoms with Crippen LogP contribution in [0.15, 0.2) is 97.1 Å². The van der Waals surface area contributed by atoms with E-state index in [1.165, 1.54) is 36.4 Å². The Morgan fingerprint density at radius 2 is 0.294 bits per heavy atom. The fourth-order valence-electron chi connectivity index (χ4n) is 20.8. The number of fused-ring (bicyclic) bond motifs is 16. The van der Waals surface area contributed by atoms with Crippen LogP contribution >= 0.6 is 0 Å². The van der Waals surface area contributed by atoms with Gasteiger partial charge in [-0.3, -0.25) is 0 Å². The van der Waals surface area contributed by atoms with Gasteiger partial charge in [-0.25, -0.2) is 28.8 Å². The second kappa shape index (κ2) is 31.8. The lowest BCUT2D eigenvalue weighted by molar-refractivity contribution is 0.0650. The smallest absolute Gasteiger partial charge is 0.336 e. The molecule has 0 amide bonds. The third-order valence-electron chi connectivity index (χ3n) is 28.2. The predicted octanol–water partition coefficient (Wildman–Crippen LogP) is 17.6. The second-order valence-corrected chi connectivity index (χ2v) is 35.2. The van der Waals surface area contributed by atoms with Gasteiger partial charge >= 0.3 is 35.8 Å². The standard InChI is InChI=1S/C102H82O34/c1-39-53-15-54-40(2)58-18-62-44(6)66-21-65-43(5)61-17-57(39)79-91-83(61)129-35-133-87(65)95-88(66)134-36-130-84(62)92(80(58)126-32-122-76(54)23-75(53)121-31-125-79)116-27-49-11-71(99(107)108)72(100(109)110)12-50(49)28-118-94-82-60-20-64-46(8)68-22-67-45(7)63-19-59-41(3)55-16-56(42(60)4)78(124-34-128-82)24-77(55)123-33-127-81(59)93(117-26-48-10-70(98(105)106)69(97(103)104)9-47(48)25-115-91)85(63)131-37-135-89(67)96(90(68)136-38-132-86(64)94)120-30-52-14-74(102(113)114)73(101(111)112)13-51(52)29-119-95/h9-24,39-46H,25-38H2,1-8H3,(H,103,104)(H,105,106)(H,107,108)(H,109,110)(H,111,112)(H,113,114). The van der Waals surface area contributed by atoms with E-state index in [0.717, 1.165) is 0 Å². The van der Waals surface area contributed by atoms with Gasteiger partial charge in [0, 0.05) is 148 Å². The summed E-state index contributed by atoms with van der Waals surface area (Å²) in [7, 11) is 0. The number of carboxylic acid groups (broad SMARTS) is 6. The quantitative estimate of drug-likeness (QED) is 0.0900. The molecule has 34 nitrogen and oxygen atoms in total. The fraction of sp³-hybridized carbons (Fsp3) is 0.294. The lowest BCUT2D eigenvalue weighted by Crippen LogP contribution is -2.23. The van der Waals surface area contributed by atoms with Crippen molar-refractivity contribution in [3.05, 3.63) is 253 Å². The number of benzene rings is 11. The first-order chi connectivity index (χ1) is 65.7. The van der Waals surface area contributed by atoms with E-state index in [1.54, 1.807) is 12.1 Å². The summed E-state index contributed by atoms with van der Waals surface area (Å²) in [6, 6.07) is 26.2. The first-order valence-electron chi connectivity index (χ1n) is 44.0. The van der Waals surface area contributed by atoms with Gasteiger partial charge in [-0.05, 0) is 118 Å². The van der Waals surface area contributed by atoms with E-state index in [9.17, 15) is 59.4 Å². The predicted molar refractivity (Wildman–Crippen MR) is 468 cm³/mol. The Kier molecular flexibility index (Phi) is 19.7. The van der Waals surface area contributed by atoms with Gasteiger partial charge < -0.3 is 135 Å². The van der Waals surface area contributed by atoms with E-state index >= 15 is 0 Å². The summed E-state index contributed by atoms with van der Waals surface area (Å²) in [6.45, 7) is 7.33. The minimum Gasteiger partial charge on any atom is -0.482 e. The molecule has 0 aliphatic carbocycles. The van der Waals surface area contributed by atoms with Crippen LogP contribution in [0.1, 0.15) is 287 Å². The Labute approximate surface area is 771 Å².